The van der Waals surface area contributed by atoms with Crippen LogP contribution in [-0.4, -0.2) is 239 Å². The van der Waals surface area contributed by atoms with Crippen molar-refractivity contribution in [3.05, 3.63) is 48.6 Å². The lowest BCUT2D eigenvalue weighted by atomic mass is 9.76. The molecular formula is C80H88F54O12. The Morgan fingerprint density at radius 2 is 0.582 bits per heavy atom. The normalized spacial score (nSPS) is 29.0. The van der Waals surface area contributed by atoms with Gasteiger partial charge in [-0.25, -0.2) is 0 Å². The van der Waals surface area contributed by atoms with E-state index in [0.29, 0.717) is 26.7 Å². The highest BCUT2D eigenvalue weighted by molar-refractivity contribution is 5.18. The summed E-state index contributed by atoms with van der Waals surface area (Å²) in [5.41, 5.74) is -50.2. The number of aliphatic hydroxyl groups is 7. The van der Waals surface area contributed by atoms with Crippen molar-refractivity contribution in [2.45, 2.75) is 372 Å². The monoisotopic (exact) mass is 2270 g/mol. The average Bonchev–Trinajstić information content (AvgIpc) is 0.859. The van der Waals surface area contributed by atoms with Crippen LogP contribution in [0.4, 0.5) is 237 Å². The van der Waals surface area contributed by atoms with Crippen molar-refractivity contribution < 1.29 is 297 Å². The molecule has 0 aromatic carbocycles. The van der Waals surface area contributed by atoms with Crippen LogP contribution in [0.1, 0.15) is 169 Å². The smallest absolute Gasteiger partial charge is 0.381 e. The van der Waals surface area contributed by atoms with E-state index in [0.717, 1.165) is 0 Å². The summed E-state index contributed by atoms with van der Waals surface area (Å²) < 4.78 is 751. The summed E-state index contributed by atoms with van der Waals surface area (Å²) in [7, 11) is 0. The fourth-order valence-electron chi connectivity index (χ4n) is 19.3. The van der Waals surface area contributed by atoms with Gasteiger partial charge in [-0.3, -0.25) is 0 Å². The van der Waals surface area contributed by atoms with Gasteiger partial charge in [-0.15, -0.1) is 0 Å². The van der Waals surface area contributed by atoms with Crippen molar-refractivity contribution in [3.63, 3.8) is 0 Å². The van der Waals surface area contributed by atoms with Gasteiger partial charge < -0.3 is 59.4 Å². The summed E-state index contributed by atoms with van der Waals surface area (Å²) in [5.74, 6) is -19.6. The fraction of sp³-hybridized carbons (Fsp3) is 0.900. The van der Waals surface area contributed by atoms with Crippen LogP contribution in [0.3, 0.4) is 0 Å². The number of alkyl halides is 54. The summed E-state index contributed by atoms with van der Waals surface area (Å²) >= 11 is 0. The molecule has 0 amide bonds. The lowest BCUT2D eigenvalue weighted by molar-refractivity contribution is -0.475. The average molecular weight is 2270 g/mol. The first-order valence-electron chi connectivity index (χ1n) is 42.6. The highest BCUT2D eigenvalue weighted by Gasteiger charge is 2.82. The topological polar surface area (TPSA) is 188 Å². The van der Waals surface area contributed by atoms with Crippen molar-refractivity contribution in [1.29, 1.82) is 0 Å². The van der Waals surface area contributed by atoms with Crippen LogP contribution in [0.15, 0.2) is 48.6 Å². The van der Waals surface area contributed by atoms with Crippen LogP contribution in [0.2, 0.25) is 0 Å². The minimum Gasteiger partial charge on any atom is -0.381 e. The maximum atomic E-state index is 14.3. The molecule has 0 aromatic rings. The van der Waals surface area contributed by atoms with Gasteiger partial charge in [0.15, 0.2) is 28.5 Å². The first-order chi connectivity index (χ1) is 64.2. The van der Waals surface area contributed by atoms with Gasteiger partial charge in [-0.05, 0) is 164 Å². The minimum absolute atomic E-state index is 0.0145. The molecule has 66 heteroatoms. The number of rotatable bonds is 30. The molecular weight excluding hydrogens is 2180 g/mol. The standard InChI is InChI=1S/2C24H26F18O3.C16H17F9O3.C16H19F9O3/c1-11(8-18(23(37,38)39,24(40,41)42)45-15-7-12-4-5-14(15)6-12)2-3-13(9-16(43,19(25,26)27)20(28,29)30)10-17(44,21(31,32)33)22(34,35)36;1-11(8-16(43,19(25,26)27)20(28,29)30)2-3-13(9-17(44,21(31,32)33)22(34,35)36)10-18(23(37,38)39,24(40,41)42)45-15-7-12-4-5-14(15)6-12;1-11(14(17,18)19)6-12(15(20,21)22,7-13(26,28-11)16(23,24)25)27-10-5-8-2-3-9(10)4-8;1-12(26,15(20,21)22)7-13(27,16(23,24)25)6-11(14(17,18)19)28-10-5-8-2-3-9(10)4-8/h2*4-5,11-15,43-44H,2-3,6-10H2,1H3;2-3,8-10,26H,4-7H2,1H3;2-3,8-11,26-27H,4-7H2,1H3. The summed E-state index contributed by atoms with van der Waals surface area (Å²) in [4.78, 5) is 0. The van der Waals surface area contributed by atoms with Gasteiger partial charge >= 0.3 is 111 Å². The second-order valence-electron chi connectivity index (χ2n) is 38.8. The summed E-state index contributed by atoms with van der Waals surface area (Å²) in [6.45, 7) is 0.978. The molecule has 0 radical (unpaired) electrons. The number of ether oxygens (including phenoxy) is 5. The molecule has 21 unspecified atom stereocenters. The van der Waals surface area contributed by atoms with Crippen molar-refractivity contribution in [2.24, 2.45) is 71.0 Å². The highest BCUT2D eigenvalue weighted by atomic mass is 19.5. The molecule has 9 rings (SSSR count). The predicted molar refractivity (Wildman–Crippen MR) is 382 cm³/mol. The molecule has 8 bridgehead atoms. The minimum atomic E-state index is -6.78. The predicted octanol–water partition coefficient (Wildman–Crippen LogP) is 26.4. The quantitative estimate of drug-likeness (QED) is 0.0267. The third-order valence-electron chi connectivity index (χ3n) is 27.4. The van der Waals surface area contributed by atoms with Crippen LogP contribution in [0.25, 0.3) is 0 Å². The van der Waals surface area contributed by atoms with E-state index in [1.807, 2.05) is 0 Å². The maximum Gasteiger partial charge on any atom is 0.443 e. The van der Waals surface area contributed by atoms with Crippen molar-refractivity contribution in [1.82, 2.24) is 0 Å². The molecule has 1 saturated heterocycles. The molecule has 0 spiro atoms. The van der Waals surface area contributed by atoms with Gasteiger partial charge in [0, 0.05) is 49.4 Å². The van der Waals surface area contributed by atoms with Crippen LogP contribution < -0.4 is 0 Å². The number of halogens is 54. The third-order valence-corrected chi connectivity index (χ3v) is 27.4. The fourth-order valence-corrected chi connectivity index (χ4v) is 19.3. The van der Waals surface area contributed by atoms with Gasteiger partial charge in [-0.2, -0.15) is 237 Å². The van der Waals surface area contributed by atoms with Crippen LogP contribution in [0.5, 0.6) is 0 Å². The van der Waals surface area contributed by atoms with E-state index in [9.17, 15) is 273 Å². The summed E-state index contributed by atoms with van der Waals surface area (Å²) in [6, 6.07) is 0. The van der Waals surface area contributed by atoms with E-state index in [2.05, 4.69) is 14.2 Å². The van der Waals surface area contributed by atoms with E-state index >= 15 is 0 Å². The van der Waals surface area contributed by atoms with E-state index in [1.54, 1.807) is 24.3 Å². The highest BCUT2D eigenvalue weighted by Crippen LogP contribution is 2.65. The van der Waals surface area contributed by atoms with E-state index in [1.165, 1.54) is 24.3 Å². The first kappa shape index (κ1) is 129. The van der Waals surface area contributed by atoms with Gasteiger partial charge in [0.2, 0.25) is 0 Å². The second kappa shape index (κ2) is 41.4. The molecule has 21 atom stereocenters. The lowest BCUT2D eigenvalue weighted by Gasteiger charge is -2.53. The molecule has 858 valence electrons. The number of allylic oxidation sites excluding steroid dienone is 4. The van der Waals surface area contributed by atoms with E-state index < -0.39 is 359 Å². The van der Waals surface area contributed by atoms with Crippen LogP contribution in [-0.2, 0) is 23.7 Å². The third kappa shape index (κ3) is 27.4. The lowest BCUT2D eigenvalue weighted by Crippen LogP contribution is -2.71. The Balaban J connectivity index is 0.000000304. The summed E-state index contributed by atoms with van der Waals surface area (Å²) in [5, 5.41) is 66.6. The molecule has 4 saturated carbocycles. The van der Waals surface area contributed by atoms with Gasteiger partial charge in [0.25, 0.3) is 39.4 Å². The van der Waals surface area contributed by atoms with E-state index in [4.69, 9.17) is 9.47 Å². The molecule has 1 aliphatic heterocycles. The van der Waals surface area contributed by atoms with Gasteiger partial charge in [0.1, 0.15) is 0 Å². The Morgan fingerprint density at radius 1 is 0.301 bits per heavy atom. The SMILES string of the molecule is CC(CCC(CC(O)(C(F)(F)F)C(F)(F)F)CC(O)(C(F)(F)F)C(F)(F)F)CC(OC1CC2C=CC1C2)(C(F)(F)F)C(F)(F)F.CC(CCC(CC(O)(C(F)(F)F)C(F)(F)F)CC(OC1CC2C=CC1C2)(C(F)(F)F)C(F)(F)F)CC(O)(C(F)(F)F)C(F)(F)F.CC(O)(CC(O)(CC(OC1CC2C=CC1C2)C(F)(F)F)C(F)(F)F)C(F)(F)F.CC1(C(F)(F)F)CC(OC2CC3C=CC2C3)(C(F)(F)F)CC(O)(C(F)(F)F)O1. The Morgan fingerprint density at radius 3 is 0.829 bits per heavy atom. The van der Waals surface area contributed by atoms with Crippen molar-refractivity contribution in [3.8, 4) is 0 Å². The maximum absolute atomic E-state index is 14.3. The first-order valence-corrected chi connectivity index (χ1v) is 42.6. The number of hydrogen-bond acceptors (Lipinski definition) is 12. The Hall–Kier alpha value is -5.30. The van der Waals surface area contributed by atoms with Crippen molar-refractivity contribution in [2.75, 3.05) is 0 Å². The summed E-state index contributed by atoms with van der Waals surface area (Å²) in [6.07, 6.45) is -141. The van der Waals surface area contributed by atoms with Crippen LogP contribution >= 0.6 is 0 Å². The molecule has 8 aliphatic carbocycles. The molecule has 12 nitrogen and oxygen atoms in total. The molecule has 1 heterocycles. The zero-order valence-electron chi connectivity index (χ0n) is 74.1. The Kier molecular flexibility index (Phi) is 36.7. The Bertz CT molecular complexity index is 4210. The zero-order chi connectivity index (χ0) is 114. The van der Waals surface area contributed by atoms with Crippen LogP contribution in [0, 0.1) is 71.0 Å². The molecule has 5 fully saturated rings. The second-order valence-corrected chi connectivity index (χ2v) is 38.8. The van der Waals surface area contributed by atoms with Gasteiger partial charge in [0.05, 0.1) is 24.4 Å². The molecule has 9 aliphatic rings. The number of hydrogen-bond donors (Lipinski definition) is 7. The zero-order valence-corrected chi connectivity index (χ0v) is 74.1. The molecule has 146 heavy (non-hydrogen) atoms. The van der Waals surface area contributed by atoms with Gasteiger partial charge in [-0.1, -0.05) is 75.3 Å². The molecule has 0 aromatic heterocycles. The Labute approximate surface area is 787 Å². The van der Waals surface area contributed by atoms with E-state index in [-0.39, 0.29) is 57.8 Å². The number of fused-ring (bicyclic) bond motifs is 8. The largest absolute Gasteiger partial charge is 0.443 e. The molecule has 7 N–H and O–H groups in total. The van der Waals surface area contributed by atoms with Crippen molar-refractivity contribution >= 4 is 0 Å².